The molecule has 1 rings (SSSR count). The SMILES string of the molecule is C=CC[C@H]1[C@@H](O)CC(=O)O[C@@H]1/C=C/C(C)O. The topological polar surface area (TPSA) is 66.8 Å². The maximum atomic E-state index is 11.2. The number of rotatable bonds is 4. The summed E-state index contributed by atoms with van der Waals surface area (Å²) in [7, 11) is 0. The van der Waals surface area contributed by atoms with Crippen molar-refractivity contribution in [3.8, 4) is 0 Å². The first-order valence-corrected chi connectivity index (χ1v) is 5.39. The Labute approximate surface area is 95.2 Å². The molecule has 16 heavy (non-hydrogen) atoms. The second-order valence-corrected chi connectivity index (χ2v) is 4.04. The fourth-order valence-corrected chi connectivity index (χ4v) is 1.76. The van der Waals surface area contributed by atoms with Crippen LogP contribution in [0, 0.1) is 5.92 Å². The van der Waals surface area contributed by atoms with Crippen LogP contribution in [0.5, 0.6) is 0 Å². The molecule has 1 heterocycles. The molecule has 0 spiro atoms. The number of allylic oxidation sites excluding steroid dienone is 1. The van der Waals surface area contributed by atoms with E-state index in [0.29, 0.717) is 6.42 Å². The van der Waals surface area contributed by atoms with Gasteiger partial charge in [-0.1, -0.05) is 12.2 Å². The van der Waals surface area contributed by atoms with E-state index in [4.69, 9.17) is 9.84 Å². The first kappa shape index (κ1) is 12.9. The maximum absolute atomic E-state index is 11.2. The smallest absolute Gasteiger partial charge is 0.309 e. The number of aliphatic hydroxyl groups excluding tert-OH is 2. The van der Waals surface area contributed by atoms with Crippen molar-refractivity contribution in [1.29, 1.82) is 0 Å². The Hall–Kier alpha value is -1.13. The Balaban J connectivity index is 2.74. The Morgan fingerprint density at radius 1 is 1.69 bits per heavy atom. The Morgan fingerprint density at radius 3 is 2.94 bits per heavy atom. The molecule has 0 amide bonds. The molecule has 4 atom stereocenters. The first-order valence-electron chi connectivity index (χ1n) is 5.39. The van der Waals surface area contributed by atoms with E-state index in [-0.39, 0.29) is 12.3 Å². The lowest BCUT2D eigenvalue weighted by Crippen LogP contribution is -2.41. The van der Waals surface area contributed by atoms with Crippen molar-refractivity contribution in [2.45, 2.75) is 38.1 Å². The van der Waals surface area contributed by atoms with Gasteiger partial charge in [-0.3, -0.25) is 4.79 Å². The molecule has 4 nitrogen and oxygen atoms in total. The quantitative estimate of drug-likeness (QED) is 0.549. The minimum absolute atomic E-state index is 0.0253. The van der Waals surface area contributed by atoms with Crippen LogP contribution in [0.3, 0.4) is 0 Å². The molecular formula is C12H18O4. The highest BCUT2D eigenvalue weighted by Gasteiger charge is 2.35. The monoisotopic (exact) mass is 226 g/mol. The average molecular weight is 226 g/mol. The fraction of sp³-hybridized carbons (Fsp3) is 0.583. The highest BCUT2D eigenvalue weighted by molar-refractivity contribution is 5.71. The van der Waals surface area contributed by atoms with Gasteiger partial charge in [-0.25, -0.2) is 0 Å². The molecule has 1 aliphatic rings. The van der Waals surface area contributed by atoms with Crippen molar-refractivity contribution in [3.63, 3.8) is 0 Å². The van der Waals surface area contributed by atoms with E-state index in [1.165, 1.54) is 0 Å². The number of hydrogen-bond donors (Lipinski definition) is 2. The summed E-state index contributed by atoms with van der Waals surface area (Å²) < 4.78 is 5.13. The van der Waals surface area contributed by atoms with Crippen LogP contribution in [0.15, 0.2) is 24.8 Å². The number of hydrogen-bond acceptors (Lipinski definition) is 4. The molecule has 2 N–H and O–H groups in total. The van der Waals surface area contributed by atoms with Gasteiger partial charge in [0.25, 0.3) is 0 Å². The average Bonchev–Trinajstić information content (AvgIpc) is 2.19. The third-order valence-electron chi connectivity index (χ3n) is 2.58. The zero-order valence-electron chi connectivity index (χ0n) is 9.37. The number of esters is 1. The molecule has 90 valence electrons. The number of ether oxygens (including phenoxy) is 1. The maximum Gasteiger partial charge on any atom is 0.309 e. The van der Waals surface area contributed by atoms with Crippen LogP contribution in [0.25, 0.3) is 0 Å². The summed E-state index contributed by atoms with van der Waals surface area (Å²) >= 11 is 0. The molecule has 0 radical (unpaired) electrons. The normalized spacial score (nSPS) is 32.4. The predicted molar refractivity (Wildman–Crippen MR) is 59.6 cm³/mol. The van der Waals surface area contributed by atoms with Gasteiger partial charge in [-0.05, 0) is 19.4 Å². The minimum atomic E-state index is -0.706. The molecule has 1 unspecified atom stereocenters. The van der Waals surface area contributed by atoms with Gasteiger partial charge in [-0.2, -0.15) is 0 Å². The van der Waals surface area contributed by atoms with Crippen LogP contribution in [0.4, 0.5) is 0 Å². The van der Waals surface area contributed by atoms with Crippen LogP contribution in [-0.4, -0.2) is 34.5 Å². The Morgan fingerprint density at radius 2 is 2.38 bits per heavy atom. The first-order chi connectivity index (χ1) is 7.54. The Kier molecular flexibility index (Phi) is 4.71. The number of carbonyl (C=O) groups is 1. The molecule has 1 fully saturated rings. The van der Waals surface area contributed by atoms with Crippen molar-refractivity contribution in [2.75, 3.05) is 0 Å². The summed E-state index contributed by atoms with van der Waals surface area (Å²) in [6, 6.07) is 0. The molecule has 0 aromatic rings. The van der Waals surface area contributed by atoms with E-state index in [9.17, 15) is 9.90 Å². The molecule has 4 heteroatoms. The zero-order chi connectivity index (χ0) is 12.1. The number of carbonyl (C=O) groups excluding carboxylic acids is 1. The lowest BCUT2D eigenvalue weighted by molar-refractivity contribution is -0.163. The largest absolute Gasteiger partial charge is 0.458 e. The van der Waals surface area contributed by atoms with Crippen molar-refractivity contribution in [3.05, 3.63) is 24.8 Å². The van der Waals surface area contributed by atoms with E-state index in [1.54, 1.807) is 25.2 Å². The van der Waals surface area contributed by atoms with E-state index in [0.717, 1.165) is 0 Å². The van der Waals surface area contributed by atoms with Gasteiger partial charge in [-0.15, -0.1) is 6.58 Å². The van der Waals surface area contributed by atoms with Gasteiger partial charge < -0.3 is 14.9 Å². The minimum Gasteiger partial charge on any atom is -0.458 e. The molecule has 1 aliphatic heterocycles. The van der Waals surface area contributed by atoms with Crippen LogP contribution in [-0.2, 0) is 9.53 Å². The fourth-order valence-electron chi connectivity index (χ4n) is 1.76. The van der Waals surface area contributed by atoms with Gasteiger partial charge in [0.1, 0.15) is 6.10 Å². The second-order valence-electron chi connectivity index (χ2n) is 4.04. The highest BCUT2D eigenvalue weighted by Crippen LogP contribution is 2.26. The van der Waals surface area contributed by atoms with E-state index >= 15 is 0 Å². The van der Waals surface area contributed by atoms with E-state index in [2.05, 4.69) is 6.58 Å². The second kappa shape index (κ2) is 5.82. The molecular weight excluding hydrogens is 208 g/mol. The molecule has 0 aromatic carbocycles. The highest BCUT2D eigenvalue weighted by atomic mass is 16.5. The van der Waals surface area contributed by atoms with Crippen LogP contribution < -0.4 is 0 Å². The van der Waals surface area contributed by atoms with Gasteiger partial charge in [0.05, 0.1) is 18.6 Å². The summed E-state index contributed by atoms with van der Waals surface area (Å²) in [5.41, 5.74) is 0. The van der Waals surface area contributed by atoms with E-state index in [1.807, 2.05) is 0 Å². The molecule has 0 aliphatic carbocycles. The van der Waals surface area contributed by atoms with Crippen LogP contribution in [0.2, 0.25) is 0 Å². The summed E-state index contributed by atoms with van der Waals surface area (Å²) in [6.45, 7) is 5.22. The van der Waals surface area contributed by atoms with Crippen molar-refractivity contribution >= 4 is 5.97 Å². The molecule has 0 saturated carbocycles. The third-order valence-corrected chi connectivity index (χ3v) is 2.58. The van der Waals surface area contributed by atoms with Crippen molar-refractivity contribution in [1.82, 2.24) is 0 Å². The van der Waals surface area contributed by atoms with Crippen molar-refractivity contribution < 1.29 is 19.7 Å². The molecule has 0 bridgehead atoms. The van der Waals surface area contributed by atoms with Crippen molar-refractivity contribution in [2.24, 2.45) is 5.92 Å². The Bertz CT molecular complexity index is 283. The lowest BCUT2D eigenvalue weighted by Gasteiger charge is -2.32. The summed E-state index contributed by atoms with van der Waals surface area (Å²) in [6.07, 6.45) is 3.68. The van der Waals surface area contributed by atoms with Gasteiger partial charge in [0, 0.05) is 5.92 Å². The predicted octanol–water partition coefficient (Wildman–Crippen LogP) is 0.792. The summed E-state index contributed by atoms with van der Waals surface area (Å²) in [4.78, 5) is 11.2. The summed E-state index contributed by atoms with van der Waals surface area (Å²) in [5.74, 6) is -0.585. The van der Waals surface area contributed by atoms with Crippen LogP contribution in [0.1, 0.15) is 19.8 Å². The third kappa shape index (κ3) is 3.47. The number of aliphatic hydroxyl groups is 2. The molecule has 1 saturated heterocycles. The molecule has 0 aromatic heterocycles. The lowest BCUT2D eigenvalue weighted by atomic mass is 9.88. The van der Waals surface area contributed by atoms with Crippen LogP contribution >= 0.6 is 0 Å². The van der Waals surface area contributed by atoms with Gasteiger partial charge in [0.2, 0.25) is 0 Å². The van der Waals surface area contributed by atoms with E-state index < -0.39 is 24.3 Å². The summed E-state index contributed by atoms with van der Waals surface area (Å²) in [5, 5.41) is 18.9. The number of cyclic esters (lactones) is 1. The van der Waals surface area contributed by atoms with Gasteiger partial charge in [0.15, 0.2) is 0 Å². The zero-order valence-corrected chi connectivity index (χ0v) is 9.37. The standard InChI is InChI=1S/C12H18O4/c1-3-4-9-10(14)7-12(15)16-11(9)6-5-8(2)13/h3,5-6,8-11,13-14H,1,4,7H2,2H3/b6-5+/t8?,9-,10-,11+/m0/s1. The van der Waals surface area contributed by atoms with Gasteiger partial charge >= 0.3 is 5.97 Å².